The number of para-hydroxylation sites is 1. The molecule has 3 rings (SSSR count). The van der Waals surface area contributed by atoms with Crippen LogP contribution in [0.4, 0.5) is 0 Å². The van der Waals surface area contributed by atoms with Crippen LogP contribution >= 0.6 is 0 Å². The normalized spacial score (nSPS) is 15.9. The summed E-state index contributed by atoms with van der Waals surface area (Å²) >= 11 is 0. The SMILES string of the molecule is CNCc1cc(COc2ccccc2)n(C2CCCCC2)n1. The van der Waals surface area contributed by atoms with Crippen LogP contribution < -0.4 is 10.1 Å². The van der Waals surface area contributed by atoms with Gasteiger partial charge in [-0.3, -0.25) is 4.68 Å². The molecule has 1 aliphatic rings. The van der Waals surface area contributed by atoms with Crippen molar-refractivity contribution in [3.05, 3.63) is 47.8 Å². The highest BCUT2D eigenvalue weighted by atomic mass is 16.5. The lowest BCUT2D eigenvalue weighted by Gasteiger charge is -2.24. The van der Waals surface area contributed by atoms with E-state index in [1.807, 2.05) is 37.4 Å². The zero-order chi connectivity index (χ0) is 15.2. The molecular formula is C18H25N3O. The van der Waals surface area contributed by atoms with E-state index in [1.165, 1.54) is 37.8 Å². The van der Waals surface area contributed by atoms with Gasteiger partial charge in [-0.25, -0.2) is 0 Å². The van der Waals surface area contributed by atoms with Gasteiger partial charge in [-0.05, 0) is 38.1 Å². The quantitative estimate of drug-likeness (QED) is 0.884. The zero-order valence-electron chi connectivity index (χ0n) is 13.3. The zero-order valence-corrected chi connectivity index (χ0v) is 13.3. The average molecular weight is 299 g/mol. The van der Waals surface area contributed by atoms with Gasteiger partial charge in [0.15, 0.2) is 0 Å². The van der Waals surface area contributed by atoms with E-state index in [1.54, 1.807) is 0 Å². The van der Waals surface area contributed by atoms with Crippen molar-refractivity contribution >= 4 is 0 Å². The minimum atomic E-state index is 0.536. The lowest BCUT2D eigenvalue weighted by atomic mass is 9.95. The van der Waals surface area contributed by atoms with Crippen LogP contribution in [0, 0.1) is 0 Å². The second-order valence-electron chi connectivity index (χ2n) is 6.00. The van der Waals surface area contributed by atoms with E-state index in [4.69, 9.17) is 9.84 Å². The molecule has 4 heteroatoms. The highest BCUT2D eigenvalue weighted by Crippen LogP contribution is 2.29. The minimum Gasteiger partial charge on any atom is -0.487 e. The molecule has 0 aliphatic heterocycles. The number of nitrogens with zero attached hydrogens (tertiary/aromatic N) is 2. The third-order valence-electron chi connectivity index (χ3n) is 4.27. The van der Waals surface area contributed by atoms with Gasteiger partial charge in [0.05, 0.1) is 17.4 Å². The molecule has 0 amide bonds. The third kappa shape index (κ3) is 3.69. The van der Waals surface area contributed by atoms with Crippen molar-refractivity contribution < 1.29 is 4.74 Å². The van der Waals surface area contributed by atoms with Gasteiger partial charge in [-0.15, -0.1) is 0 Å². The molecule has 0 spiro atoms. The Morgan fingerprint density at radius 3 is 2.68 bits per heavy atom. The Bertz CT molecular complexity index is 573. The van der Waals surface area contributed by atoms with Gasteiger partial charge >= 0.3 is 0 Å². The van der Waals surface area contributed by atoms with Crippen LogP contribution in [0.1, 0.15) is 49.5 Å². The molecule has 1 fully saturated rings. The summed E-state index contributed by atoms with van der Waals surface area (Å²) in [6.45, 7) is 1.38. The number of aromatic nitrogens is 2. The van der Waals surface area contributed by atoms with Crippen LogP contribution in [0.2, 0.25) is 0 Å². The number of hydrogen-bond donors (Lipinski definition) is 1. The largest absolute Gasteiger partial charge is 0.487 e. The fraction of sp³-hybridized carbons (Fsp3) is 0.500. The van der Waals surface area contributed by atoms with Gasteiger partial charge in [-0.2, -0.15) is 5.10 Å². The van der Waals surface area contributed by atoms with E-state index >= 15 is 0 Å². The summed E-state index contributed by atoms with van der Waals surface area (Å²) in [6, 6.07) is 12.7. The van der Waals surface area contributed by atoms with E-state index in [2.05, 4.69) is 16.1 Å². The summed E-state index contributed by atoms with van der Waals surface area (Å²) in [5.41, 5.74) is 2.28. The molecule has 1 aliphatic carbocycles. The smallest absolute Gasteiger partial charge is 0.130 e. The maximum absolute atomic E-state index is 5.93. The first kappa shape index (κ1) is 15.1. The van der Waals surface area contributed by atoms with E-state index in [0.717, 1.165) is 18.0 Å². The Morgan fingerprint density at radius 1 is 1.18 bits per heavy atom. The van der Waals surface area contributed by atoms with Gasteiger partial charge in [0.25, 0.3) is 0 Å². The Hall–Kier alpha value is -1.81. The fourth-order valence-corrected chi connectivity index (χ4v) is 3.18. The molecular weight excluding hydrogens is 274 g/mol. The Kier molecular flexibility index (Phi) is 5.11. The highest BCUT2D eigenvalue weighted by Gasteiger charge is 2.20. The number of hydrogen-bond acceptors (Lipinski definition) is 3. The maximum atomic E-state index is 5.93. The summed E-state index contributed by atoms with van der Waals surface area (Å²) in [5, 5.41) is 7.99. The Balaban J connectivity index is 1.75. The van der Waals surface area contributed by atoms with Gasteiger partial charge in [0.2, 0.25) is 0 Å². The van der Waals surface area contributed by atoms with Crippen LogP contribution in [-0.4, -0.2) is 16.8 Å². The number of nitrogens with one attached hydrogen (secondary N) is 1. The highest BCUT2D eigenvalue weighted by molar-refractivity contribution is 5.21. The molecule has 1 aromatic carbocycles. The number of rotatable bonds is 6. The number of ether oxygens (including phenoxy) is 1. The molecule has 2 aromatic rings. The molecule has 0 atom stereocenters. The van der Waals surface area contributed by atoms with E-state index in [9.17, 15) is 0 Å². The van der Waals surface area contributed by atoms with E-state index < -0.39 is 0 Å². The molecule has 4 nitrogen and oxygen atoms in total. The lowest BCUT2D eigenvalue weighted by Crippen LogP contribution is -2.18. The first-order valence-corrected chi connectivity index (χ1v) is 8.26. The second kappa shape index (κ2) is 7.45. The standard InChI is InChI=1S/C18H25N3O/c1-19-13-15-12-17(14-22-18-10-6-3-7-11-18)21(20-15)16-8-4-2-5-9-16/h3,6-7,10-12,16,19H,2,4-5,8-9,13-14H2,1H3. The van der Waals surface area contributed by atoms with Crippen molar-refractivity contribution in [3.63, 3.8) is 0 Å². The van der Waals surface area contributed by atoms with E-state index in [0.29, 0.717) is 12.6 Å². The van der Waals surface area contributed by atoms with Gasteiger partial charge in [0, 0.05) is 6.54 Å². The van der Waals surface area contributed by atoms with Crippen molar-refractivity contribution in [2.24, 2.45) is 0 Å². The van der Waals surface area contributed by atoms with Gasteiger partial charge in [-0.1, -0.05) is 37.5 Å². The van der Waals surface area contributed by atoms with Crippen LogP contribution in [0.5, 0.6) is 5.75 Å². The molecule has 0 saturated heterocycles. The molecule has 1 aromatic heterocycles. The molecule has 0 unspecified atom stereocenters. The summed E-state index contributed by atoms with van der Waals surface area (Å²) in [7, 11) is 1.96. The van der Waals surface area contributed by atoms with Crippen molar-refractivity contribution in [1.82, 2.24) is 15.1 Å². The average Bonchev–Trinajstić information content (AvgIpc) is 2.98. The lowest BCUT2D eigenvalue weighted by molar-refractivity contribution is 0.265. The molecule has 0 radical (unpaired) electrons. The van der Waals surface area contributed by atoms with Gasteiger partial charge < -0.3 is 10.1 Å². The van der Waals surface area contributed by atoms with Crippen molar-refractivity contribution in [2.75, 3.05) is 7.05 Å². The molecule has 1 saturated carbocycles. The summed E-state index contributed by atoms with van der Waals surface area (Å²) in [4.78, 5) is 0. The van der Waals surface area contributed by atoms with Gasteiger partial charge in [0.1, 0.15) is 12.4 Å². The molecule has 1 heterocycles. The maximum Gasteiger partial charge on any atom is 0.130 e. The molecule has 22 heavy (non-hydrogen) atoms. The fourth-order valence-electron chi connectivity index (χ4n) is 3.18. The molecule has 0 bridgehead atoms. The van der Waals surface area contributed by atoms with Crippen molar-refractivity contribution in [2.45, 2.75) is 51.3 Å². The monoisotopic (exact) mass is 299 g/mol. The van der Waals surface area contributed by atoms with Crippen molar-refractivity contribution in [3.8, 4) is 5.75 Å². The van der Waals surface area contributed by atoms with E-state index in [-0.39, 0.29) is 0 Å². The summed E-state index contributed by atoms with van der Waals surface area (Å²) in [5.74, 6) is 0.911. The van der Waals surface area contributed by atoms with Crippen LogP contribution in [0.3, 0.4) is 0 Å². The summed E-state index contributed by atoms with van der Waals surface area (Å²) < 4.78 is 8.15. The van der Waals surface area contributed by atoms with Crippen LogP contribution in [0.15, 0.2) is 36.4 Å². The summed E-state index contributed by atoms with van der Waals surface area (Å²) in [6.07, 6.45) is 6.45. The van der Waals surface area contributed by atoms with Crippen LogP contribution in [0.25, 0.3) is 0 Å². The van der Waals surface area contributed by atoms with Crippen molar-refractivity contribution in [1.29, 1.82) is 0 Å². The molecule has 1 N–H and O–H groups in total. The predicted octanol–water partition coefficient (Wildman–Crippen LogP) is 3.69. The Labute approximate surface area is 132 Å². The topological polar surface area (TPSA) is 39.1 Å². The second-order valence-corrected chi connectivity index (χ2v) is 6.00. The minimum absolute atomic E-state index is 0.536. The Morgan fingerprint density at radius 2 is 1.95 bits per heavy atom. The first-order valence-electron chi connectivity index (χ1n) is 8.26. The van der Waals surface area contributed by atoms with Crippen LogP contribution in [-0.2, 0) is 13.2 Å². The molecule has 118 valence electrons. The predicted molar refractivity (Wildman–Crippen MR) is 87.9 cm³/mol. The first-order chi connectivity index (χ1) is 10.9. The third-order valence-corrected chi connectivity index (χ3v) is 4.27. The number of benzene rings is 1.